The van der Waals surface area contributed by atoms with Crippen LogP contribution in [0.4, 0.5) is 0 Å². The zero-order chi connectivity index (χ0) is 20.0. The average Bonchev–Trinajstić information content (AvgIpc) is 3.02. The SMILES string of the molecule is COc1cccc(C[C@@H](C(=O)NCC(C)(C)CN(C)C)n2nnnc2C)c1. The molecule has 148 valence electrons. The van der Waals surface area contributed by atoms with Crippen LogP contribution in [0.5, 0.6) is 5.75 Å². The molecule has 0 saturated carbocycles. The number of carbonyl (C=O) groups excluding carboxylic acids is 1. The first-order valence-electron chi connectivity index (χ1n) is 9.02. The van der Waals surface area contributed by atoms with Crippen molar-refractivity contribution in [2.24, 2.45) is 5.41 Å². The Bertz CT molecular complexity index is 756. The van der Waals surface area contributed by atoms with Crippen LogP contribution in [0.3, 0.4) is 0 Å². The molecule has 2 rings (SSSR count). The summed E-state index contributed by atoms with van der Waals surface area (Å²) in [6, 6.07) is 7.16. The summed E-state index contributed by atoms with van der Waals surface area (Å²) in [6.07, 6.45) is 0.475. The summed E-state index contributed by atoms with van der Waals surface area (Å²) in [5, 5.41) is 14.7. The predicted molar refractivity (Wildman–Crippen MR) is 104 cm³/mol. The van der Waals surface area contributed by atoms with Gasteiger partial charge in [0.05, 0.1) is 7.11 Å². The summed E-state index contributed by atoms with van der Waals surface area (Å²) in [4.78, 5) is 15.1. The smallest absolute Gasteiger partial charge is 0.245 e. The van der Waals surface area contributed by atoms with Gasteiger partial charge in [0.2, 0.25) is 5.91 Å². The summed E-state index contributed by atoms with van der Waals surface area (Å²) in [5.41, 5.74) is 0.937. The Balaban J connectivity index is 2.17. The Morgan fingerprint density at radius 1 is 1.37 bits per heavy atom. The Morgan fingerprint density at radius 2 is 2.11 bits per heavy atom. The minimum atomic E-state index is -0.526. The van der Waals surface area contributed by atoms with E-state index >= 15 is 0 Å². The molecule has 0 aliphatic rings. The molecule has 1 amide bonds. The number of ether oxygens (including phenoxy) is 1. The molecule has 0 radical (unpaired) electrons. The zero-order valence-corrected chi connectivity index (χ0v) is 17.1. The standard InChI is InChI=1S/C19H30N6O2/c1-14-21-22-23-25(14)17(11-15-8-7-9-16(10-15)27-6)18(26)20-12-19(2,3)13-24(4)5/h7-10,17H,11-13H2,1-6H3,(H,20,26)/t17-/m0/s1. The molecule has 1 aromatic carbocycles. The molecule has 0 spiro atoms. The number of aryl methyl sites for hydroxylation is 1. The van der Waals surface area contributed by atoms with Gasteiger partial charge in [0.15, 0.2) is 0 Å². The maximum absolute atomic E-state index is 13.0. The van der Waals surface area contributed by atoms with E-state index in [4.69, 9.17) is 4.74 Å². The number of aromatic nitrogens is 4. The van der Waals surface area contributed by atoms with Crippen LogP contribution < -0.4 is 10.1 Å². The van der Waals surface area contributed by atoms with Gasteiger partial charge in [0.1, 0.15) is 17.6 Å². The van der Waals surface area contributed by atoms with Gasteiger partial charge in [-0.15, -0.1) is 5.10 Å². The van der Waals surface area contributed by atoms with Crippen molar-refractivity contribution in [2.75, 3.05) is 34.3 Å². The molecule has 0 aliphatic heterocycles. The Morgan fingerprint density at radius 3 is 2.70 bits per heavy atom. The Hall–Kier alpha value is -2.48. The van der Waals surface area contributed by atoms with E-state index in [2.05, 4.69) is 39.6 Å². The van der Waals surface area contributed by atoms with Crippen molar-refractivity contribution in [3.05, 3.63) is 35.7 Å². The van der Waals surface area contributed by atoms with Gasteiger partial charge in [-0.2, -0.15) is 0 Å². The highest BCUT2D eigenvalue weighted by atomic mass is 16.5. The van der Waals surface area contributed by atoms with Crippen molar-refractivity contribution in [2.45, 2.75) is 33.2 Å². The average molecular weight is 374 g/mol. The lowest BCUT2D eigenvalue weighted by molar-refractivity contribution is -0.125. The van der Waals surface area contributed by atoms with Crippen LogP contribution in [0.2, 0.25) is 0 Å². The maximum Gasteiger partial charge on any atom is 0.245 e. The van der Waals surface area contributed by atoms with Crippen LogP contribution in [-0.2, 0) is 11.2 Å². The second kappa shape index (κ2) is 8.94. The predicted octanol–water partition coefficient (Wildman–Crippen LogP) is 1.48. The third-order valence-electron chi connectivity index (χ3n) is 4.30. The highest BCUT2D eigenvalue weighted by molar-refractivity contribution is 5.80. The molecule has 8 nitrogen and oxygen atoms in total. The Kier molecular flexibility index (Phi) is 6.90. The van der Waals surface area contributed by atoms with E-state index in [1.54, 1.807) is 18.7 Å². The van der Waals surface area contributed by atoms with Crippen LogP contribution in [0.1, 0.15) is 31.3 Å². The van der Waals surface area contributed by atoms with E-state index in [1.165, 1.54) is 0 Å². The van der Waals surface area contributed by atoms with Crippen molar-refractivity contribution in [1.82, 2.24) is 30.4 Å². The largest absolute Gasteiger partial charge is 0.497 e. The number of hydrogen-bond donors (Lipinski definition) is 1. The van der Waals surface area contributed by atoms with Crippen LogP contribution in [-0.4, -0.2) is 65.3 Å². The molecule has 0 bridgehead atoms. The molecular formula is C19H30N6O2. The van der Waals surface area contributed by atoms with Crippen LogP contribution >= 0.6 is 0 Å². The molecule has 1 N–H and O–H groups in total. The molecule has 1 aromatic heterocycles. The number of hydrogen-bond acceptors (Lipinski definition) is 6. The number of tetrazole rings is 1. The topological polar surface area (TPSA) is 85.2 Å². The van der Waals surface area contributed by atoms with Gasteiger partial charge < -0.3 is 15.0 Å². The summed E-state index contributed by atoms with van der Waals surface area (Å²) in [6.45, 7) is 7.50. The highest BCUT2D eigenvalue weighted by Gasteiger charge is 2.27. The fourth-order valence-electron chi connectivity index (χ4n) is 3.20. The van der Waals surface area contributed by atoms with Crippen molar-refractivity contribution in [3.8, 4) is 5.75 Å². The summed E-state index contributed by atoms with van der Waals surface area (Å²) >= 11 is 0. The van der Waals surface area contributed by atoms with Gasteiger partial charge >= 0.3 is 0 Å². The third-order valence-corrected chi connectivity index (χ3v) is 4.30. The molecule has 8 heteroatoms. The fourth-order valence-corrected chi connectivity index (χ4v) is 3.20. The van der Waals surface area contributed by atoms with Crippen LogP contribution in [0, 0.1) is 12.3 Å². The second-order valence-electron chi connectivity index (χ2n) is 7.86. The molecule has 0 aliphatic carbocycles. The number of amides is 1. The van der Waals surface area contributed by atoms with E-state index in [0.717, 1.165) is 17.9 Å². The number of rotatable bonds is 9. The second-order valence-corrected chi connectivity index (χ2v) is 7.86. The van der Waals surface area contributed by atoms with Gasteiger partial charge in [0.25, 0.3) is 0 Å². The number of carbonyl (C=O) groups is 1. The maximum atomic E-state index is 13.0. The van der Waals surface area contributed by atoms with E-state index in [1.807, 2.05) is 38.4 Å². The number of benzene rings is 1. The van der Waals surface area contributed by atoms with Gasteiger partial charge in [-0.3, -0.25) is 4.79 Å². The van der Waals surface area contributed by atoms with E-state index in [-0.39, 0.29) is 11.3 Å². The van der Waals surface area contributed by atoms with Gasteiger partial charge in [-0.25, -0.2) is 4.68 Å². The van der Waals surface area contributed by atoms with E-state index < -0.39 is 6.04 Å². The summed E-state index contributed by atoms with van der Waals surface area (Å²) in [7, 11) is 5.68. The van der Waals surface area contributed by atoms with Crippen molar-refractivity contribution in [1.29, 1.82) is 0 Å². The van der Waals surface area contributed by atoms with Crippen LogP contribution in [0.15, 0.2) is 24.3 Å². The highest BCUT2D eigenvalue weighted by Crippen LogP contribution is 2.20. The number of nitrogens with one attached hydrogen (secondary N) is 1. The molecule has 1 atom stereocenters. The Labute approximate surface area is 160 Å². The summed E-state index contributed by atoms with van der Waals surface area (Å²) in [5.74, 6) is 1.26. The quantitative estimate of drug-likeness (QED) is 0.716. The minimum absolute atomic E-state index is 0.0463. The zero-order valence-electron chi connectivity index (χ0n) is 17.1. The normalized spacial score (nSPS) is 12.9. The number of nitrogens with zero attached hydrogens (tertiary/aromatic N) is 5. The molecular weight excluding hydrogens is 344 g/mol. The fraction of sp³-hybridized carbons (Fsp3) is 0.579. The van der Waals surface area contributed by atoms with Gasteiger partial charge in [0, 0.05) is 19.5 Å². The number of methoxy groups -OCH3 is 1. The summed E-state index contributed by atoms with van der Waals surface area (Å²) < 4.78 is 6.87. The molecule has 0 unspecified atom stereocenters. The molecule has 0 fully saturated rings. The molecule has 0 saturated heterocycles. The lowest BCUT2D eigenvalue weighted by Crippen LogP contribution is -2.43. The molecule has 1 heterocycles. The monoisotopic (exact) mass is 374 g/mol. The third kappa shape index (κ3) is 6.02. The van der Waals surface area contributed by atoms with Gasteiger partial charge in [-0.1, -0.05) is 26.0 Å². The molecule has 27 heavy (non-hydrogen) atoms. The first kappa shape index (κ1) is 20.8. The van der Waals surface area contributed by atoms with E-state index in [9.17, 15) is 4.79 Å². The van der Waals surface area contributed by atoms with Crippen molar-refractivity contribution in [3.63, 3.8) is 0 Å². The van der Waals surface area contributed by atoms with Gasteiger partial charge in [-0.05, 0) is 54.6 Å². The van der Waals surface area contributed by atoms with Crippen molar-refractivity contribution < 1.29 is 9.53 Å². The lowest BCUT2D eigenvalue weighted by atomic mass is 9.92. The minimum Gasteiger partial charge on any atom is -0.497 e. The van der Waals surface area contributed by atoms with Crippen LogP contribution in [0.25, 0.3) is 0 Å². The first-order chi connectivity index (χ1) is 12.7. The lowest BCUT2D eigenvalue weighted by Gasteiger charge is -2.29. The molecule has 2 aromatic rings. The van der Waals surface area contributed by atoms with Crippen molar-refractivity contribution >= 4 is 5.91 Å². The first-order valence-corrected chi connectivity index (χ1v) is 9.02. The van der Waals surface area contributed by atoms with E-state index in [0.29, 0.717) is 18.8 Å².